The van der Waals surface area contributed by atoms with Crippen molar-refractivity contribution in [2.45, 2.75) is 13.5 Å². The number of nitrogens with zero attached hydrogens (tertiary/aromatic N) is 3. The van der Waals surface area contributed by atoms with Crippen molar-refractivity contribution in [1.29, 1.82) is 0 Å². The molecular formula is C12H11BrN4O3. The van der Waals surface area contributed by atoms with Gasteiger partial charge in [-0.2, -0.15) is 0 Å². The molecule has 0 amide bonds. The lowest BCUT2D eigenvalue weighted by molar-refractivity contribution is -0.386. The van der Waals surface area contributed by atoms with Gasteiger partial charge in [-0.1, -0.05) is 0 Å². The van der Waals surface area contributed by atoms with Crippen LogP contribution in [-0.2, 0) is 6.54 Å². The zero-order chi connectivity index (χ0) is 14.9. The van der Waals surface area contributed by atoms with Crippen LogP contribution >= 0.6 is 15.9 Å². The molecule has 104 valence electrons. The molecule has 2 heterocycles. The van der Waals surface area contributed by atoms with Crippen LogP contribution in [0.25, 0.3) is 0 Å². The average molecular weight is 339 g/mol. The molecule has 0 saturated heterocycles. The second-order valence-corrected chi connectivity index (χ2v) is 5.03. The first kappa shape index (κ1) is 14.2. The Kier molecular flexibility index (Phi) is 3.84. The van der Waals surface area contributed by atoms with E-state index in [1.807, 2.05) is 0 Å². The van der Waals surface area contributed by atoms with E-state index in [4.69, 9.17) is 5.73 Å². The van der Waals surface area contributed by atoms with Crippen LogP contribution in [0.3, 0.4) is 0 Å². The summed E-state index contributed by atoms with van der Waals surface area (Å²) in [6.07, 6.45) is 2.76. The van der Waals surface area contributed by atoms with Crippen LogP contribution in [0.2, 0.25) is 0 Å². The van der Waals surface area contributed by atoms with Crippen LogP contribution in [-0.4, -0.2) is 14.5 Å². The van der Waals surface area contributed by atoms with E-state index in [1.54, 1.807) is 12.1 Å². The molecule has 0 atom stereocenters. The number of nitro groups is 1. The summed E-state index contributed by atoms with van der Waals surface area (Å²) in [5.41, 5.74) is 6.17. The molecule has 8 heteroatoms. The molecule has 0 saturated carbocycles. The lowest BCUT2D eigenvalue weighted by Crippen LogP contribution is -2.22. The molecule has 20 heavy (non-hydrogen) atoms. The lowest BCUT2D eigenvalue weighted by Gasteiger charge is -2.09. The molecule has 0 aromatic carbocycles. The summed E-state index contributed by atoms with van der Waals surface area (Å²) in [6.45, 7) is 1.71. The van der Waals surface area contributed by atoms with E-state index >= 15 is 0 Å². The molecule has 0 spiro atoms. The van der Waals surface area contributed by atoms with Crippen molar-refractivity contribution in [3.05, 3.63) is 60.6 Å². The number of pyridine rings is 2. The molecule has 0 aliphatic heterocycles. The van der Waals surface area contributed by atoms with Gasteiger partial charge in [0.2, 0.25) is 0 Å². The van der Waals surface area contributed by atoms with Crippen molar-refractivity contribution in [2.75, 3.05) is 5.73 Å². The predicted octanol–water partition coefficient (Wildman–Crippen LogP) is 1.85. The normalized spacial score (nSPS) is 10.5. The molecule has 0 aliphatic carbocycles. The van der Waals surface area contributed by atoms with E-state index in [-0.39, 0.29) is 22.3 Å². The third-order valence-corrected chi connectivity index (χ3v) is 3.77. The molecule has 0 bridgehead atoms. The lowest BCUT2D eigenvalue weighted by atomic mass is 10.2. The quantitative estimate of drug-likeness (QED) is 0.679. The van der Waals surface area contributed by atoms with E-state index < -0.39 is 4.92 Å². The van der Waals surface area contributed by atoms with Gasteiger partial charge in [0.05, 0.1) is 22.1 Å². The Morgan fingerprint density at radius 1 is 1.55 bits per heavy atom. The van der Waals surface area contributed by atoms with E-state index in [1.165, 1.54) is 23.9 Å². The zero-order valence-electron chi connectivity index (χ0n) is 10.5. The maximum Gasteiger partial charge on any atom is 0.289 e. The number of hydrogen-bond acceptors (Lipinski definition) is 5. The molecule has 2 rings (SSSR count). The predicted molar refractivity (Wildman–Crippen MR) is 77.5 cm³/mol. The van der Waals surface area contributed by atoms with E-state index in [0.29, 0.717) is 11.4 Å². The number of nitrogen functional groups attached to an aromatic ring is 1. The molecule has 2 aromatic rings. The van der Waals surface area contributed by atoms with Crippen LogP contribution < -0.4 is 11.3 Å². The average Bonchev–Trinajstić information content (AvgIpc) is 2.39. The second-order valence-electron chi connectivity index (χ2n) is 4.23. The van der Waals surface area contributed by atoms with Gasteiger partial charge in [-0.15, -0.1) is 0 Å². The molecule has 0 aliphatic rings. The number of hydrogen-bond donors (Lipinski definition) is 1. The Bertz CT molecular complexity index is 742. The summed E-state index contributed by atoms with van der Waals surface area (Å²) in [6, 6.07) is 3.31. The van der Waals surface area contributed by atoms with E-state index in [9.17, 15) is 14.9 Å². The first-order chi connectivity index (χ1) is 9.40. The summed E-state index contributed by atoms with van der Waals surface area (Å²) in [4.78, 5) is 26.4. The Morgan fingerprint density at radius 2 is 2.25 bits per heavy atom. The van der Waals surface area contributed by atoms with E-state index in [2.05, 4.69) is 20.9 Å². The summed E-state index contributed by atoms with van der Waals surface area (Å²) < 4.78 is 1.46. The molecule has 2 aromatic heterocycles. The molecule has 0 fully saturated rings. The summed E-state index contributed by atoms with van der Waals surface area (Å²) in [7, 11) is 0. The maximum absolute atomic E-state index is 12.1. The molecule has 0 radical (unpaired) electrons. The standard InChI is InChI=1S/C12H11BrN4O3/c1-7-9(17(19)20)6-16(12(18)11(7)13)5-8-2-3-15-10(14)4-8/h2-4,6H,5H2,1H3,(H2,14,15). The fourth-order valence-electron chi connectivity index (χ4n) is 1.79. The largest absolute Gasteiger partial charge is 0.384 e. The SMILES string of the molecule is Cc1c([N+](=O)[O-])cn(Cc2ccnc(N)c2)c(=O)c1Br. The minimum Gasteiger partial charge on any atom is -0.384 e. The van der Waals surface area contributed by atoms with Crippen molar-refractivity contribution >= 4 is 27.4 Å². The molecular weight excluding hydrogens is 328 g/mol. The molecule has 2 N–H and O–H groups in total. The minimum absolute atomic E-state index is 0.112. The van der Waals surface area contributed by atoms with Gasteiger partial charge in [-0.25, -0.2) is 4.98 Å². The first-order valence-electron chi connectivity index (χ1n) is 5.64. The van der Waals surface area contributed by atoms with Crippen LogP contribution in [0.15, 0.2) is 33.8 Å². The Labute approximate surface area is 122 Å². The van der Waals surface area contributed by atoms with Crippen molar-refractivity contribution in [3.8, 4) is 0 Å². The minimum atomic E-state index is -0.517. The monoisotopic (exact) mass is 338 g/mol. The third-order valence-electron chi connectivity index (χ3n) is 2.84. The highest BCUT2D eigenvalue weighted by atomic mass is 79.9. The summed E-state index contributed by atoms with van der Waals surface area (Å²) >= 11 is 3.10. The van der Waals surface area contributed by atoms with Gasteiger partial charge in [0.1, 0.15) is 5.82 Å². The highest BCUT2D eigenvalue weighted by Gasteiger charge is 2.18. The first-order valence-corrected chi connectivity index (χ1v) is 6.43. The van der Waals surface area contributed by atoms with Crippen LogP contribution in [0.4, 0.5) is 11.5 Å². The topological polar surface area (TPSA) is 104 Å². The summed E-state index contributed by atoms with van der Waals surface area (Å²) in [5, 5.41) is 11.0. The zero-order valence-corrected chi connectivity index (χ0v) is 12.1. The van der Waals surface area contributed by atoms with Crippen molar-refractivity contribution < 1.29 is 4.92 Å². The number of halogens is 1. The van der Waals surface area contributed by atoms with Crippen LogP contribution in [0, 0.1) is 17.0 Å². The van der Waals surface area contributed by atoms with Crippen LogP contribution in [0.5, 0.6) is 0 Å². The van der Waals surface area contributed by atoms with Gasteiger partial charge in [0, 0.05) is 11.8 Å². The smallest absolute Gasteiger partial charge is 0.289 e. The number of anilines is 1. The van der Waals surface area contributed by atoms with Crippen molar-refractivity contribution in [1.82, 2.24) is 9.55 Å². The summed E-state index contributed by atoms with van der Waals surface area (Å²) in [5.74, 6) is 0.330. The van der Waals surface area contributed by atoms with Gasteiger partial charge in [-0.3, -0.25) is 14.9 Å². The highest BCUT2D eigenvalue weighted by molar-refractivity contribution is 9.10. The highest BCUT2D eigenvalue weighted by Crippen LogP contribution is 2.22. The number of aromatic nitrogens is 2. The van der Waals surface area contributed by atoms with Gasteiger partial charge in [0.25, 0.3) is 11.2 Å². The Balaban J connectivity index is 2.52. The van der Waals surface area contributed by atoms with Crippen molar-refractivity contribution in [2.24, 2.45) is 0 Å². The Morgan fingerprint density at radius 3 is 2.85 bits per heavy atom. The number of rotatable bonds is 3. The van der Waals surface area contributed by atoms with Gasteiger partial charge < -0.3 is 10.3 Å². The van der Waals surface area contributed by atoms with Gasteiger partial charge in [-0.05, 0) is 40.5 Å². The number of nitrogens with two attached hydrogens (primary N) is 1. The molecule has 7 nitrogen and oxygen atoms in total. The van der Waals surface area contributed by atoms with Gasteiger partial charge >= 0.3 is 0 Å². The van der Waals surface area contributed by atoms with Crippen molar-refractivity contribution in [3.63, 3.8) is 0 Å². The van der Waals surface area contributed by atoms with Crippen LogP contribution in [0.1, 0.15) is 11.1 Å². The molecule has 0 unspecified atom stereocenters. The fourth-order valence-corrected chi connectivity index (χ4v) is 2.22. The maximum atomic E-state index is 12.1. The fraction of sp³-hybridized carbons (Fsp3) is 0.167. The Hall–Kier alpha value is -2.22. The second kappa shape index (κ2) is 5.41. The van der Waals surface area contributed by atoms with E-state index in [0.717, 1.165) is 5.56 Å². The third kappa shape index (κ3) is 2.69. The van der Waals surface area contributed by atoms with Gasteiger partial charge in [0.15, 0.2) is 0 Å².